The first-order valence-corrected chi connectivity index (χ1v) is 9.54. The van der Waals surface area contributed by atoms with E-state index in [4.69, 9.17) is 0 Å². The molecule has 0 aliphatic heterocycles. The van der Waals surface area contributed by atoms with Crippen LogP contribution in [0, 0.1) is 12.3 Å². The van der Waals surface area contributed by atoms with E-state index in [2.05, 4.69) is 27.7 Å². The quantitative estimate of drug-likeness (QED) is 0.269. The van der Waals surface area contributed by atoms with Gasteiger partial charge in [0.25, 0.3) is 0 Å². The van der Waals surface area contributed by atoms with Gasteiger partial charge in [0.15, 0.2) is 0 Å². The molecule has 0 saturated heterocycles. The molecule has 0 aromatic carbocycles. The molecule has 0 bridgehead atoms. The summed E-state index contributed by atoms with van der Waals surface area (Å²) in [6.07, 6.45) is 21.0. The zero-order chi connectivity index (χ0) is 15.1. The van der Waals surface area contributed by atoms with Crippen LogP contribution < -0.4 is 0 Å². The third kappa shape index (κ3) is 9.83. The van der Waals surface area contributed by atoms with Crippen molar-refractivity contribution in [1.29, 1.82) is 0 Å². The molecule has 0 aromatic rings. The van der Waals surface area contributed by atoms with E-state index < -0.39 is 0 Å². The van der Waals surface area contributed by atoms with Crippen molar-refractivity contribution in [3.05, 3.63) is 6.92 Å². The Morgan fingerprint density at radius 2 is 0.900 bits per heavy atom. The smallest absolute Gasteiger partial charge is 0.0297 e. The zero-order valence-electron chi connectivity index (χ0n) is 14.8. The second-order valence-corrected chi connectivity index (χ2v) is 6.83. The van der Waals surface area contributed by atoms with Crippen LogP contribution in [-0.4, -0.2) is 0 Å². The summed E-state index contributed by atoms with van der Waals surface area (Å²) < 4.78 is 0. The molecule has 0 heteroatoms. The summed E-state index contributed by atoms with van der Waals surface area (Å²) in [7, 11) is 0. The van der Waals surface area contributed by atoms with Crippen LogP contribution >= 0.6 is 0 Å². The van der Waals surface area contributed by atoms with Crippen LogP contribution in [0.15, 0.2) is 0 Å². The number of unbranched alkanes of at least 4 members (excludes halogenated alkanes) is 7. The second-order valence-electron chi connectivity index (χ2n) is 6.83. The van der Waals surface area contributed by atoms with Gasteiger partial charge < -0.3 is 0 Å². The van der Waals surface area contributed by atoms with Crippen LogP contribution in [0.2, 0.25) is 0 Å². The van der Waals surface area contributed by atoms with Crippen LogP contribution in [-0.2, 0) is 0 Å². The van der Waals surface area contributed by atoms with E-state index in [1.54, 1.807) is 0 Å². The third-order valence-corrected chi connectivity index (χ3v) is 4.89. The molecule has 0 aliphatic carbocycles. The summed E-state index contributed by atoms with van der Waals surface area (Å²) in [5, 5.41) is 0. The normalized spacial score (nSPS) is 12.0. The van der Waals surface area contributed by atoms with E-state index in [1.165, 1.54) is 89.9 Å². The summed E-state index contributed by atoms with van der Waals surface area (Å²) in [5.41, 5.74) is 0.664. The SMILES string of the molecule is [CH2]CCCC(CCCCC)(CCCCC)CCCCC. The maximum Gasteiger partial charge on any atom is -0.0297 e. The fourth-order valence-electron chi connectivity index (χ4n) is 3.50. The lowest BCUT2D eigenvalue weighted by Gasteiger charge is -2.35. The molecule has 0 amide bonds. The van der Waals surface area contributed by atoms with E-state index in [0.717, 1.165) is 6.42 Å². The molecule has 0 N–H and O–H groups in total. The highest BCUT2D eigenvalue weighted by atomic mass is 14.3. The fraction of sp³-hybridized carbons (Fsp3) is 0.950. The first-order chi connectivity index (χ1) is 9.74. The molecule has 0 atom stereocenters. The minimum Gasteiger partial charge on any atom is -0.0654 e. The largest absolute Gasteiger partial charge is 0.0654 e. The molecule has 0 unspecified atom stereocenters. The molecule has 0 spiro atoms. The van der Waals surface area contributed by atoms with Crippen molar-refractivity contribution in [2.75, 3.05) is 0 Å². The lowest BCUT2D eigenvalue weighted by molar-refractivity contribution is 0.175. The maximum atomic E-state index is 4.08. The monoisotopic (exact) mass is 281 g/mol. The van der Waals surface area contributed by atoms with Gasteiger partial charge in [-0.15, -0.1) is 0 Å². The van der Waals surface area contributed by atoms with Gasteiger partial charge in [0.1, 0.15) is 0 Å². The van der Waals surface area contributed by atoms with Gasteiger partial charge in [0.05, 0.1) is 0 Å². The van der Waals surface area contributed by atoms with Gasteiger partial charge in [-0.05, 0) is 31.1 Å². The van der Waals surface area contributed by atoms with Gasteiger partial charge in [0, 0.05) is 0 Å². The highest BCUT2D eigenvalue weighted by molar-refractivity contribution is 4.80. The highest BCUT2D eigenvalue weighted by Gasteiger charge is 2.27. The van der Waals surface area contributed by atoms with E-state index in [0.29, 0.717) is 5.41 Å². The molecule has 1 radical (unpaired) electrons. The lowest BCUT2D eigenvalue weighted by Crippen LogP contribution is -2.21. The van der Waals surface area contributed by atoms with Crippen molar-refractivity contribution in [3.63, 3.8) is 0 Å². The van der Waals surface area contributed by atoms with Gasteiger partial charge in [-0.3, -0.25) is 0 Å². The van der Waals surface area contributed by atoms with E-state index in [9.17, 15) is 0 Å². The molecular formula is C20H41. The molecule has 0 saturated carbocycles. The first-order valence-electron chi connectivity index (χ1n) is 9.54. The molecule has 0 aromatic heterocycles. The predicted octanol–water partition coefficient (Wildman–Crippen LogP) is 7.72. The second kappa shape index (κ2) is 14.0. The predicted molar refractivity (Wildman–Crippen MR) is 94.1 cm³/mol. The first kappa shape index (κ1) is 20.0. The Balaban J connectivity index is 4.48. The summed E-state index contributed by atoms with van der Waals surface area (Å²) >= 11 is 0. The van der Waals surface area contributed by atoms with Crippen molar-refractivity contribution < 1.29 is 0 Å². The van der Waals surface area contributed by atoms with Gasteiger partial charge in [-0.25, -0.2) is 0 Å². The van der Waals surface area contributed by atoms with Crippen LogP contribution in [0.1, 0.15) is 117 Å². The van der Waals surface area contributed by atoms with E-state index >= 15 is 0 Å². The van der Waals surface area contributed by atoms with Crippen LogP contribution in [0.3, 0.4) is 0 Å². The average Bonchev–Trinajstić information content (AvgIpc) is 2.46. The minimum absolute atomic E-state index is 0.664. The summed E-state index contributed by atoms with van der Waals surface area (Å²) in [5.74, 6) is 0. The Bertz CT molecular complexity index is 156. The standard InChI is InChI=1S/C20H41/c1-5-9-13-17-20(16-12-8-4,18-14-10-6-2)19-15-11-7-3/h4-19H2,1-3H3. The van der Waals surface area contributed by atoms with Crippen LogP contribution in [0.5, 0.6) is 0 Å². The molecule has 121 valence electrons. The molecule has 0 fully saturated rings. The third-order valence-electron chi connectivity index (χ3n) is 4.89. The summed E-state index contributed by atoms with van der Waals surface area (Å²) in [6, 6.07) is 0. The van der Waals surface area contributed by atoms with Gasteiger partial charge in [0.2, 0.25) is 0 Å². The van der Waals surface area contributed by atoms with E-state index in [-0.39, 0.29) is 0 Å². The minimum atomic E-state index is 0.664. The van der Waals surface area contributed by atoms with Crippen LogP contribution in [0.25, 0.3) is 0 Å². The Morgan fingerprint density at radius 1 is 0.550 bits per heavy atom. The Kier molecular flexibility index (Phi) is 14.0. The Hall–Kier alpha value is 0. The molecule has 0 nitrogen and oxygen atoms in total. The van der Waals surface area contributed by atoms with E-state index in [1.807, 2.05) is 0 Å². The van der Waals surface area contributed by atoms with Crippen LogP contribution in [0.4, 0.5) is 0 Å². The zero-order valence-corrected chi connectivity index (χ0v) is 14.8. The van der Waals surface area contributed by atoms with Crippen molar-refractivity contribution in [3.8, 4) is 0 Å². The van der Waals surface area contributed by atoms with Crippen molar-refractivity contribution in [1.82, 2.24) is 0 Å². The topological polar surface area (TPSA) is 0 Å². The van der Waals surface area contributed by atoms with Gasteiger partial charge in [-0.2, -0.15) is 0 Å². The molecular weight excluding hydrogens is 240 g/mol. The van der Waals surface area contributed by atoms with Gasteiger partial charge in [-0.1, -0.05) is 98.3 Å². The lowest BCUT2D eigenvalue weighted by atomic mass is 9.71. The molecule has 0 heterocycles. The van der Waals surface area contributed by atoms with Gasteiger partial charge >= 0.3 is 0 Å². The average molecular weight is 282 g/mol. The van der Waals surface area contributed by atoms with Crippen molar-refractivity contribution in [2.24, 2.45) is 5.41 Å². The molecule has 0 rings (SSSR count). The Labute approximate surface area is 130 Å². The fourth-order valence-corrected chi connectivity index (χ4v) is 3.50. The number of rotatable bonds is 15. The number of hydrogen-bond donors (Lipinski definition) is 0. The summed E-state index contributed by atoms with van der Waals surface area (Å²) in [4.78, 5) is 0. The summed E-state index contributed by atoms with van der Waals surface area (Å²) in [6.45, 7) is 11.1. The number of hydrogen-bond acceptors (Lipinski definition) is 0. The molecule has 0 aliphatic rings. The Morgan fingerprint density at radius 3 is 1.20 bits per heavy atom. The van der Waals surface area contributed by atoms with Crippen molar-refractivity contribution >= 4 is 0 Å². The molecule has 20 heavy (non-hydrogen) atoms. The van der Waals surface area contributed by atoms with Crippen molar-refractivity contribution in [2.45, 2.75) is 117 Å². The maximum absolute atomic E-state index is 4.08. The highest BCUT2D eigenvalue weighted by Crippen LogP contribution is 2.41.